The monoisotopic (exact) mass is 324 g/mol. The summed E-state index contributed by atoms with van der Waals surface area (Å²) >= 11 is 0. The fourth-order valence-corrected chi connectivity index (χ4v) is 2.51. The van der Waals surface area contributed by atoms with Crippen molar-refractivity contribution in [1.82, 2.24) is 5.32 Å². The lowest BCUT2D eigenvalue weighted by atomic mass is 10.1. The van der Waals surface area contributed by atoms with E-state index in [0.29, 0.717) is 17.9 Å². The second-order valence-electron chi connectivity index (χ2n) is 5.35. The fraction of sp³-hybridized carbons (Fsp3) is 0.167. The molecule has 1 aliphatic rings. The van der Waals surface area contributed by atoms with E-state index in [9.17, 15) is 14.4 Å². The molecule has 122 valence electrons. The summed E-state index contributed by atoms with van der Waals surface area (Å²) in [6.07, 6.45) is 0.203. The summed E-state index contributed by atoms with van der Waals surface area (Å²) in [5.41, 5.74) is 1.93. The number of carbonyl (C=O) groups is 3. The van der Waals surface area contributed by atoms with Crippen LogP contribution in [0, 0.1) is 0 Å². The number of nitrogens with one attached hydrogen (secondary N) is 2. The van der Waals surface area contributed by atoms with Gasteiger partial charge in [-0.2, -0.15) is 0 Å². The maximum atomic E-state index is 12.1. The molecule has 0 unspecified atom stereocenters. The SMILES string of the molecule is CCOc1ccc(CC(=O)Nc2ccc3c(c2)C(=O)NC3=O)cc1. The van der Waals surface area contributed by atoms with Crippen molar-refractivity contribution in [2.45, 2.75) is 13.3 Å². The third kappa shape index (κ3) is 3.27. The van der Waals surface area contributed by atoms with Gasteiger partial charge in [-0.25, -0.2) is 0 Å². The van der Waals surface area contributed by atoms with Crippen LogP contribution in [-0.4, -0.2) is 24.3 Å². The van der Waals surface area contributed by atoms with Crippen LogP contribution in [0.1, 0.15) is 33.2 Å². The first-order valence-corrected chi connectivity index (χ1v) is 7.58. The minimum Gasteiger partial charge on any atom is -0.494 e. The largest absolute Gasteiger partial charge is 0.494 e. The van der Waals surface area contributed by atoms with Crippen molar-refractivity contribution >= 4 is 23.4 Å². The molecule has 0 saturated heterocycles. The van der Waals surface area contributed by atoms with Gasteiger partial charge in [0.1, 0.15) is 5.75 Å². The average molecular weight is 324 g/mol. The Morgan fingerprint density at radius 3 is 2.46 bits per heavy atom. The number of imide groups is 1. The van der Waals surface area contributed by atoms with Gasteiger partial charge in [-0.3, -0.25) is 19.7 Å². The highest BCUT2D eigenvalue weighted by Gasteiger charge is 2.26. The van der Waals surface area contributed by atoms with Gasteiger partial charge in [0.25, 0.3) is 11.8 Å². The average Bonchev–Trinajstić information content (AvgIpc) is 2.84. The van der Waals surface area contributed by atoms with Crippen molar-refractivity contribution in [2.75, 3.05) is 11.9 Å². The second kappa shape index (κ2) is 6.54. The first kappa shape index (κ1) is 15.7. The number of carbonyl (C=O) groups excluding carboxylic acids is 3. The van der Waals surface area contributed by atoms with E-state index < -0.39 is 11.8 Å². The highest BCUT2D eigenvalue weighted by molar-refractivity contribution is 6.22. The zero-order valence-corrected chi connectivity index (χ0v) is 13.1. The smallest absolute Gasteiger partial charge is 0.259 e. The molecular formula is C18H16N2O4. The number of rotatable bonds is 5. The van der Waals surface area contributed by atoms with Crippen LogP contribution in [0.5, 0.6) is 5.75 Å². The lowest BCUT2D eigenvalue weighted by Crippen LogP contribution is -2.19. The molecule has 6 nitrogen and oxygen atoms in total. The Morgan fingerprint density at radius 1 is 1.04 bits per heavy atom. The molecule has 6 heteroatoms. The van der Waals surface area contributed by atoms with E-state index in [-0.39, 0.29) is 17.9 Å². The summed E-state index contributed by atoms with van der Waals surface area (Å²) in [5, 5.41) is 4.95. The van der Waals surface area contributed by atoms with Crippen LogP contribution in [0.2, 0.25) is 0 Å². The first-order valence-electron chi connectivity index (χ1n) is 7.58. The topological polar surface area (TPSA) is 84.5 Å². The van der Waals surface area contributed by atoms with E-state index in [4.69, 9.17) is 4.74 Å². The maximum absolute atomic E-state index is 12.1. The van der Waals surface area contributed by atoms with Gasteiger partial charge in [0.05, 0.1) is 24.2 Å². The molecule has 0 aliphatic carbocycles. The van der Waals surface area contributed by atoms with Crippen LogP contribution in [-0.2, 0) is 11.2 Å². The molecule has 2 N–H and O–H groups in total. The summed E-state index contributed by atoms with van der Waals surface area (Å²) in [5.74, 6) is -0.306. The quantitative estimate of drug-likeness (QED) is 0.825. The number of ether oxygens (including phenoxy) is 1. The zero-order valence-electron chi connectivity index (χ0n) is 13.1. The Kier molecular flexibility index (Phi) is 4.29. The molecule has 1 aliphatic heterocycles. The minimum atomic E-state index is -0.447. The Morgan fingerprint density at radius 2 is 1.75 bits per heavy atom. The van der Waals surface area contributed by atoms with Gasteiger partial charge in [0.2, 0.25) is 5.91 Å². The van der Waals surface area contributed by atoms with Crippen molar-refractivity contribution in [1.29, 1.82) is 0 Å². The lowest BCUT2D eigenvalue weighted by Gasteiger charge is -2.07. The molecule has 24 heavy (non-hydrogen) atoms. The molecule has 0 spiro atoms. The van der Waals surface area contributed by atoms with E-state index >= 15 is 0 Å². The van der Waals surface area contributed by atoms with Crippen LogP contribution in [0.4, 0.5) is 5.69 Å². The van der Waals surface area contributed by atoms with Gasteiger partial charge in [0, 0.05) is 5.69 Å². The van der Waals surface area contributed by atoms with Crippen LogP contribution < -0.4 is 15.4 Å². The van der Waals surface area contributed by atoms with E-state index in [1.165, 1.54) is 12.1 Å². The molecule has 0 atom stereocenters. The van der Waals surface area contributed by atoms with Crippen LogP contribution in [0.25, 0.3) is 0 Å². The summed E-state index contributed by atoms with van der Waals surface area (Å²) in [6, 6.07) is 11.9. The Bertz CT molecular complexity index is 812. The number of amides is 3. The maximum Gasteiger partial charge on any atom is 0.259 e. The first-order chi connectivity index (χ1) is 11.6. The van der Waals surface area contributed by atoms with E-state index in [0.717, 1.165) is 11.3 Å². The summed E-state index contributed by atoms with van der Waals surface area (Å²) in [4.78, 5) is 35.3. The van der Waals surface area contributed by atoms with E-state index in [1.54, 1.807) is 6.07 Å². The molecule has 0 bridgehead atoms. The predicted molar refractivity (Wildman–Crippen MR) is 88.2 cm³/mol. The predicted octanol–water partition coefficient (Wildman–Crippen LogP) is 2.15. The molecule has 2 aromatic rings. The Labute approximate surface area is 138 Å². The van der Waals surface area contributed by atoms with Crippen molar-refractivity contribution < 1.29 is 19.1 Å². The van der Waals surface area contributed by atoms with Crippen LogP contribution in [0.15, 0.2) is 42.5 Å². The summed E-state index contributed by atoms with van der Waals surface area (Å²) in [6.45, 7) is 2.50. The number of anilines is 1. The van der Waals surface area contributed by atoms with Gasteiger partial charge < -0.3 is 10.1 Å². The highest BCUT2D eigenvalue weighted by atomic mass is 16.5. The third-order valence-corrected chi connectivity index (χ3v) is 3.62. The zero-order chi connectivity index (χ0) is 17.1. The second-order valence-corrected chi connectivity index (χ2v) is 5.35. The molecule has 0 radical (unpaired) electrons. The van der Waals surface area contributed by atoms with Crippen molar-refractivity contribution in [3.8, 4) is 5.75 Å². The molecule has 0 saturated carbocycles. The normalized spacial score (nSPS) is 12.5. The molecular weight excluding hydrogens is 308 g/mol. The highest BCUT2D eigenvalue weighted by Crippen LogP contribution is 2.20. The van der Waals surface area contributed by atoms with Crippen LogP contribution in [0.3, 0.4) is 0 Å². The molecule has 3 amide bonds. The Balaban J connectivity index is 1.66. The molecule has 0 fully saturated rings. The number of hydrogen-bond acceptors (Lipinski definition) is 4. The minimum absolute atomic E-state index is 0.203. The third-order valence-electron chi connectivity index (χ3n) is 3.62. The summed E-state index contributed by atoms with van der Waals surface area (Å²) in [7, 11) is 0. The fourth-order valence-electron chi connectivity index (χ4n) is 2.51. The molecule has 1 heterocycles. The van der Waals surface area contributed by atoms with Gasteiger partial charge in [-0.05, 0) is 42.8 Å². The van der Waals surface area contributed by atoms with Crippen molar-refractivity contribution in [3.63, 3.8) is 0 Å². The lowest BCUT2D eigenvalue weighted by molar-refractivity contribution is -0.115. The van der Waals surface area contributed by atoms with E-state index in [2.05, 4.69) is 10.6 Å². The van der Waals surface area contributed by atoms with E-state index in [1.807, 2.05) is 31.2 Å². The van der Waals surface area contributed by atoms with Gasteiger partial charge in [0.15, 0.2) is 0 Å². The molecule has 3 rings (SSSR count). The standard InChI is InChI=1S/C18H16N2O4/c1-2-24-13-6-3-11(4-7-13)9-16(21)19-12-5-8-14-15(10-12)18(23)20-17(14)22/h3-8,10H,2,9H2,1H3,(H,19,21)(H,20,22,23). The van der Waals surface area contributed by atoms with Gasteiger partial charge >= 0.3 is 0 Å². The van der Waals surface area contributed by atoms with Gasteiger partial charge in [-0.1, -0.05) is 12.1 Å². The van der Waals surface area contributed by atoms with Crippen molar-refractivity contribution in [3.05, 3.63) is 59.2 Å². The molecule has 0 aromatic heterocycles. The number of benzene rings is 2. The van der Waals surface area contributed by atoms with Gasteiger partial charge in [-0.15, -0.1) is 0 Å². The summed E-state index contributed by atoms with van der Waals surface area (Å²) < 4.78 is 5.36. The van der Waals surface area contributed by atoms with Crippen molar-refractivity contribution in [2.24, 2.45) is 0 Å². The van der Waals surface area contributed by atoms with Crippen LogP contribution >= 0.6 is 0 Å². The Hall–Kier alpha value is -3.15. The number of fused-ring (bicyclic) bond motifs is 1. The number of hydrogen-bond donors (Lipinski definition) is 2. The molecule has 2 aromatic carbocycles.